The third-order valence-electron chi connectivity index (χ3n) is 2.56. The van der Waals surface area contributed by atoms with E-state index in [-0.39, 0.29) is 0 Å². The molecule has 1 fully saturated rings. The number of nitrogens with zero attached hydrogens (tertiary/aromatic N) is 1. The maximum absolute atomic E-state index is 5.53. The van der Waals surface area contributed by atoms with Crippen LogP contribution in [-0.4, -0.2) is 24.7 Å². The van der Waals surface area contributed by atoms with Crippen LogP contribution in [-0.2, 0) is 4.74 Å². The van der Waals surface area contributed by atoms with E-state index in [1.807, 2.05) is 19.2 Å². The lowest BCUT2D eigenvalue weighted by molar-refractivity contribution is 0.131. The molecular weight excluding hydrogens is 176 g/mol. The van der Waals surface area contributed by atoms with Gasteiger partial charge in [0.05, 0.1) is 12.6 Å². The standard InChI is InChI=1S/C11H16N2O/c1-9-10(4-2-5-12-9)11-8-14-7-3-6-13-11/h2,4-5,11,13H,3,6-8H2,1H3. The summed E-state index contributed by atoms with van der Waals surface area (Å²) in [4.78, 5) is 4.29. The number of nitrogens with one attached hydrogen (secondary N) is 1. The molecule has 1 aromatic heterocycles. The minimum absolute atomic E-state index is 0.311. The topological polar surface area (TPSA) is 34.1 Å². The van der Waals surface area contributed by atoms with Gasteiger partial charge in [0.15, 0.2) is 0 Å². The summed E-state index contributed by atoms with van der Waals surface area (Å²) in [7, 11) is 0. The molecule has 2 heterocycles. The van der Waals surface area contributed by atoms with Gasteiger partial charge in [0, 0.05) is 18.5 Å². The summed E-state index contributed by atoms with van der Waals surface area (Å²) in [6.45, 7) is 4.69. The molecule has 1 aromatic rings. The second kappa shape index (κ2) is 4.53. The first-order valence-corrected chi connectivity index (χ1v) is 5.10. The lowest BCUT2D eigenvalue weighted by Gasteiger charge is -2.16. The summed E-state index contributed by atoms with van der Waals surface area (Å²) in [5, 5.41) is 3.47. The maximum Gasteiger partial charge on any atom is 0.0662 e. The molecule has 0 bridgehead atoms. The van der Waals surface area contributed by atoms with E-state index >= 15 is 0 Å². The Morgan fingerprint density at radius 3 is 3.36 bits per heavy atom. The van der Waals surface area contributed by atoms with Crippen LogP contribution in [0.4, 0.5) is 0 Å². The van der Waals surface area contributed by atoms with Gasteiger partial charge in [-0.25, -0.2) is 0 Å². The smallest absolute Gasteiger partial charge is 0.0662 e. The van der Waals surface area contributed by atoms with E-state index in [2.05, 4.69) is 16.4 Å². The SMILES string of the molecule is Cc1ncccc1C1COCCCN1. The third kappa shape index (κ3) is 2.11. The van der Waals surface area contributed by atoms with Crippen LogP contribution >= 0.6 is 0 Å². The Balaban J connectivity index is 2.16. The molecule has 3 heteroatoms. The van der Waals surface area contributed by atoms with Crippen molar-refractivity contribution < 1.29 is 4.74 Å². The number of aryl methyl sites for hydroxylation is 1. The van der Waals surface area contributed by atoms with E-state index in [1.165, 1.54) is 5.56 Å². The molecule has 3 nitrogen and oxygen atoms in total. The van der Waals surface area contributed by atoms with Crippen molar-refractivity contribution in [2.45, 2.75) is 19.4 Å². The Labute approximate surface area is 84.5 Å². The largest absolute Gasteiger partial charge is 0.379 e. The molecular formula is C11H16N2O. The Morgan fingerprint density at radius 2 is 2.50 bits per heavy atom. The van der Waals surface area contributed by atoms with E-state index in [0.29, 0.717) is 6.04 Å². The molecule has 0 aromatic carbocycles. The predicted molar refractivity (Wildman–Crippen MR) is 55.2 cm³/mol. The lowest BCUT2D eigenvalue weighted by atomic mass is 10.1. The Kier molecular flexibility index (Phi) is 3.11. The zero-order chi connectivity index (χ0) is 9.80. The Morgan fingerprint density at radius 1 is 1.57 bits per heavy atom. The molecule has 14 heavy (non-hydrogen) atoms. The van der Waals surface area contributed by atoms with E-state index in [0.717, 1.165) is 31.9 Å². The predicted octanol–water partition coefficient (Wildman–Crippen LogP) is 1.44. The summed E-state index contributed by atoms with van der Waals surface area (Å²) >= 11 is 0. The van der Waals surface area contributed by atoms with Gasteiger partial charge in [-0.05, 0) is 31.5 Å². The zero-order valence-electron chi connectivity index (χ0n) is 8.49. The normalized spacial score (nSPS) is 23.1. The summed E-state index contributed by atoms with van der Waals surface area (Å²) < 4.78 is 5.53. The number of aromatic nitrogens is 1. The quantitative estimate of drug-likeness (QED) is 0.731. The molecule has 1 aliphatic heterocycles. The molecule has 1 unspecified atom stereocenters. The van der Waals surface area contributed by atoms with Crippen molar-refractivity contribution in [3.05, 3.63) is 29.6 Å². The minimum atomic E-state index is 0.311. The van der Waals surface area contributed by atoms with Gasteiger partial charge in [-0.2, -0.15) is 0 Å². The van der Waals surface area contributed by atoms with Gasteiger partial charge in [-0.3, -0.25) is 4.98 Å². The zero-order valence-corrected chi connectivity index (χ0v) is 8.49. The number of rotatable bonds is 1. The monoisotopic (exact) mass is 192 g/mol. The lowest BCUT2D eigenvalue weighted by Crippen LogP contribution is -2.24. The van der Waals surface area contributed by atoms with Crippen molar-refractivity contribution in [2.75, 3.05) is 19.8 Å². The van der Waals surface area contributed by atoms with Gasteiger partial charge in [0.2, 0.25) is 0 Å². The summed E-state index contributed by atoms with van der Waals surface area (Å²) in [5.41, 5.74) is 2.35. The first kappa shape index (κ1) is 9.62. The number of ether oxygens (including phenoxy) is 1. The summed E-state index contributed by atoms with van der Waals surface area (Å²) in [6.07, 6.45) is 2.92. The van der Waals surface area contributed by atoms with Crippen LogP contribution in [0.3, 0.4) is 0 Å². The molecule has 0 aliphatic carbocycles. The molecule has 0 spiro atoms. The summed E-state index contributed by atoms with van der Waals surface area (Å²) in [5.74, 6) is 0. The highest BCUT2D eigenvalue weighted by Gasteiger charge is 2.15. The average Bonchev–Trinajstić information content (AvgIpc) is 2.47. The molecule has 76 valence electrons. The fourth-order valence-corrected chi connectivity index (χ4v) is 1.78. The van der Waals surface area contributed by atoms with Crippen LogP contribution in [0.2, 0.25) is 0 Å². The van der Waals surface area contributed by atoms with Crippen molar-refractivity contribution in [3.63, 3.8) is 0 Å². The highest BCUT2D eigenvalue weighted by atomic mass is 16.5. The van der Waals surface area contributed by atoms with Crippen LogP contribution in [0, 0.1) is 6.92 Å². The molecule has 2 rings (SSSR count). The van der Waals surface area contributed by atoms with Gasteiger partial charge in [-0.1, -0.05) is 6.07 Å². The van der Waals surface area contributed by atoms with Gasteiger partial charge >= 0.3 is 0 Å². The molecule has 0 radical (unpaired) electrons. The average molecular weight is 192 g/mol. The molecule has 0 saturated carbocycles. The van der Waals surface area contributed by atoms with E-state index in [1.54, 1.807) is 0 Å². The fraction of sp³-hybridized carbons (Fsp3) is 0.545. The van der Waals surface area contributed by atoms with Crippen LogP contribution in [0.5, 0.6) is 0 Å². The highest BCUT2D eigenvalue weighted by molar-refractivity contribution is 5.22. The van der Waals surface area contributed by atoms with Crippen LogP contribution in [0.15, 0.2) is 18.3 Å². The van der Waals surface area contributed by atoms with Crippen LogP contribution in [0.1, 0.15) is 23.7 Å². The van der Waals surface area contributed by atoms with Crippen molar-refractivity contribution in [3.8, 4) is 0 Å². The van der Waals surface area contributed by atoms with Crippen molar-refractivity contribution in [1.29, 1.82) is 0 Å². The van der Waals surface area contributed by atoms with E-state index in [4.69, 9.17) is 4.74 Å². The molecule has 1 aliphatic rings. The number of hydrogen-bond donors (Lipinski definition) is 1. The van der Waals surface area contributed by atoms with E-state index < -0.39 is 0 Å². The van der Waals surface area contributed by atoms with Gasteiger partial charge in [-0.15, -0.1) is 0 Å². The molecule has 1 atom stereocenters. The molecule has 1 N–H and O–H groups in total. The van der Waals surface area contributed by atoms with Crippen molar-refractivity contribution in [2.24, 2.45) is 0 Å². The van der Waals surface area contributed by atoms with Crippen molar-refractivity contribution in [1.82, 2.24) is 10.3 Å². The van der Waals surface area contributed by atoms with Crippen LogP contribution < -0.4 is 5.32 Å². The van der Waals surface area contributed by atoms with E-state index in [9.17, 15) is 0 Å². The third-order valence-corrected chi connectivity index (χ3v) is 2.56. The first-order valence-electron chi connectivity index (χ1n) is 5.10. The van der Waals surface area contributed by atoms with Gasteiger partial charge in [0.25, 0.3) is 0 Å². The van der Waals surface area contributed by atoms with Crippen LogP contribution in [0.25, 0.3) is 0 Å². The fourth-order valence-electron chi connectivity index (χ4n) is 1.78. The van der Waals surface area contributed by atoms with Gasteiger partial charge in [0.1, 0.15) is 0 Å². The maximum atomic E-state index is 5.53. The minimum Gasteiger partial charge on any atom is -0.379 e. The Hall–Kier alpha value is -0.930. The molecule has 1 saturated heterocycles. The number of hydrogen-bond acceptors (Lipinski definition) is 3. The Bertz CT molecular complexity index is 293. The molecule has 0 amide bonds. The van der Waals surface area contributed by atoms with Gasteiger partial charge < -0.3 is 10.1 Å². The second-order valence-corrected chi connectivity index (χ2v) is 3.61. The number of pyridine rings is 1. The van der Waals surface area contributed by atoms with Crippen molar-refractivity contribution >= 4 is 0 Å². The first-order chi connectivity index (χ1) is 6.88. The second-order valence-electron chi connectivity index (χ2n) is 3.61. The summed E-state index contributed by atoms with van der Waals surface area (Å²) in [6, 6.07) is 4.41. The highest BCUT2D eigenvalue weighted by Crippen LogP contribution is 2.17.